The van der Waals surface area contributed by atoms with Crippen LogP contribution in [0, 0.1) is 5.92 Å². The summed E-state index contributed by atoms with van der Waals surface area (Å²) in [7, 11) is 0. The van der Waals surface area contributed by atoms with Crippen molar-refractivity contribution >= 4 is 0 Å². The lowest BCUT2D eigenvalue weighted by atomic mass is 9.87. The van der Waals surface area contributed by atoms with E-state index in [1.165, 1.54) is 89.9 Å². The maximum atomic E-state index is 2.59. The molecule has 1 aliphatic rings. The Morgan fingerprint density at radius 2 is 1.76 bits per heavy atom. The topological polar surface area (TPSA) is 0 Å². The first-order valence-electron chi connectivity index (χ1n) is 9.69. The molecule has 0 amide bonds. The maximum Gasteiger partial charge on any atom is -0.0292 e. The van der Waals surface area contributed by atoms with Crippen LogP contribution in [0.3, 0.4) is 0 Å². The Morgan fingerprint density at radius 1 is 0.952 bits per heavy atom. The van der Waals surface area contributed by atoms with Gasteiger partial charge in [0.05, 0.1) is 0 Å². The van der Waals surface area contributed by atoms with E-state index in [1.807, 2.05) is 0 Å². The van der Waals surface area contributed by atoms with Crippen LogP contribution in [-0.2, 0) is 0 Å². The van der Waals surface area contributed by atoms with Crippen LogP contribution in [0.1, 0.15) is 104 Å². The van der Waals surface area contributed by atoms with E-state index in [9.17, 15) is 0 Å². The lowest BCUT2D eigenvalue weighted by molar-refractivity contribution is 0.421. The standard InChI is InChI=1S/C21H38/c1-3-5-6-7-9-12-16-20(15-4-2)19-21-17-13-10-8-11-14-18-21/h6-7,17,20H,3-5,8-16,18-19H2,1-2H3. The summed E-state index contributed by atoms with van der Waals surface area (Å²) >= 11 is 0. The van der Waals surface area contributed by atoms with E-state index < -0.39 is 0 Å². The minimum absolute atomic E-state index is 0.945. The molecule has 0 saturated carbocycles. The summed E-state index contributed by atoms with van der Waals surface area (Å²) < 4.78 is 0. The molecular formula is C21H38. The second kappa shape index (κ2) is 13.2. The molecular weight excluding hydrogens is 252 g/mol. The van der Waals surface area contributed by atoms with Crippen molar-refractivity contribution in [1.29, 1.82) is 0 Å². The smallest absolute Gasteiger partial charge is 0.0292 e. The van der Waals surface area contributed by atoms with E-state index in [1.54, 1.807) is 5.57 Å². The lowest BCUT2D eigenvalue weighted by Crippen LogP contribution is -2.03. The molecule has 21 heavy (non-hydrogen) atoms. The molecule has 1 aliphatic carbocycles. The van der Waals surface area contributed by atoms with Gasteiger partial charge in [-0.15, -0.1) is 0 Å². The summed E-state index contributed by atoms with van der Waals surface area (Å²) in [4.78, 5) is 0. The minimum atomic E-state index is 0.945. The number of allylic oxidation sites excluding steroid dienone is 4. The van der Waals surface area contributed by atoms with E-state index in [2.05, 4.69) is 32.1 Å². The first-order valence-corrected chi connectivity index (χ1v) is 9.69. The Morgan fingerprint density at radius 3 is 2.57 bits per heavy atom. The summed E-state index contributed by atoms with van der Waals surface area (Å²) in [6.07, 6.45) is 26.7. The van der Waals surface area contributed by atoms with Crippen molar-refractivity contribution in [2.45, 2.75) is 104 Å². The van der Waals surface area contributed by atoms with Gasteiger partial charge in [0.25, 0.3) is 0 Å². The van der Waals surface area contributed by atoms with Gasteiger partial charge in [0, 0.05) is 0 Å². The lowest BCUT2D eigenvalue weighted by Gasteiger charge is -2.19. The molecule has 1 atom stereocenters. The number of hydrogen-bond donors (Lipinski definition) is 0. The van der Waals surface area contributed by atoms with E-state index in [0.717, 1.165) is 5.92 Å². The zero-order chi connectivity index (χ0) is 15.2. The molecule has 0 aromatic heterocycles. The van der Waals surface area contributed by atoms with Crippen LogP contribution in [-0.4, -0.2) is 0 Å². The molecule has 0 heterocycles. The highest BCUT2D eigenvalue weighted by Crippen LogP contribution is 2.28. The predicted molar refractivity (Wildman–Crippen MR) is 96.7 cm³/mol. The zero-order valence-electron chi connectivity index (χ0n) is 14.7. The molecule has 0 aromatic carbocycles. The third-order valence-electron chi connectivity index (χ3n) is 4.74. The van der Waals surface area contributed by atoms with Gasteiger partial charge in [-0.05, 0) is 63.7 Å². The summed E-state index contributed by atoms with van der Waals surface area (Å²) in [5.41, 5.74) is 1.79. The summed E-state index contributed by atoms with van der Waals surface area (Å²) in [5.74, 6) is 0.945. The monoisotopic (exact) mass is 290 g/mol. The molecule has 0 heteroatoms. The molecule has 0 aromatic rings. The van der Waals surface area contributed by atoms with Crippen molar-refractivity contribution in [2.24, 2.45) is 5.92 Å². The van der Waals surface area contributed by atoms with Crippen LogP contribution in [0.15, 0.2) is 23.8 Å². The molecule has 122 valence electrons. The van der Waals surface area contributed by atoms with Crippen molar-refractivity contribution in [3.05, 3.63) is 23.8 Å². The average molecular weight is 291 g/mol. The van der Waals surface area contributed by atoms with Crippen molar-refractivity contribution in [2.75, 3.05) is 0 Å². The molecule has 0 N–H and O–H groups in total. The van der Waals surface area contributed by atoms with Gasteiger partial charge in [-0.25, -0.2) is 0 Å². The fourth-order valence-electron chi connectivity index (χ4n) is 3.50. The Kier molecular flexibility index (Phi) is 11.6. The Bertz CT molecular complexity index is 284. The van der Waals surface area contributed by atoms with Gasteiger partial charge >= 0.3 is 0 Å². The minimum Gasteiger partial charge on any atom is -0.0885 e. The predicted octanol–water partition coefficient (Wildman–Crippen LogP) is 7.60. The second-order valence-electron chi connectivity index (χ2n) is 6.87. The highest BCUT2D eigenvalue weighted by molar-refractivity contribution is 5.04. The highest BCUT2D eigenvalue weighted by atomic mass is 14.2. The molecule has 0 fully saturated rings. The van der Waals surface area contributed by atoms with Crippen LogP contribution in [0.4, 0.5) is 0 Å². The van der Waals surface area contributed by atoms with E-state index in [4.69, 9.17) is 0 Å². The Balaban J connectivity index is 2.30. The van der Waals surface area contributed by atoms with Gasteiger partial charge in [0.2, 0.25) is 0 Å². The third-order valence-corrected chi connectivity index (χ3v) is 4.74. The van der Waals surface area contributed by atoms with Crippen molar-refractivity contribution in [1.82, 2.24) is 0 Å². The summed E-state index contributed by atoms with van der Waals surface area (Å²) in [6, 6.07) is 0. The van der Waals surface area contributed by atoms with Gasteiger partial charge in [0.1, 0.15) is 0 Å². The van der Waals surface area contributed by atoms with E-state index in [0.29, 0.717) is 0 Å². The van der Waals surface area contributed by atoms with Crippen LogP contribution in [0.25, 0.3) is 0 Å². The normalized spacial score (nSPS) is 18.3. The van der Waals surface area contributed by atoms with Gasteiger partial charge in [-0.3, -0.25) is 0 Å². The maximum absolute atomic E-state index is 2.59. The SMILES string of the molecule is CCCC=CCCCC(CCC)CC1=CCCCCCC1. The number of hydrogen-bond acceptors (Lipinski definition) is 0. The molecule has 1 unspecified atom stereocenters. The van der Waals surface area contributed by atoms with Crippen LogP contribution < -0.4 is 0 Å². The first-order chi connectivity index (χ1) is 10.4. The number of rotatable bonds is 10. The largest absolute Gasteiger partial charge is 0.0885 e. The van der Waals surface area contributed by atoms with Gasteiger partial charge < -0.3 is 0 Å². The van der Waals surface area contributed by atoms with Crippen LogP contribution in [0.5, 0.6) is 0 Å². The molecule has 0 spiro atoms. The molecule has 0 aliphatic heterocycles. The fraction of sp³-hybridized carbons (Fsp3) is 0.810. The summed E-state index contributed by atoms with van der Waals surface area (Å²) in [5, 5.41) is 0. The first kappa shape index (κ1) is 18.5. The zero-order valence-corrected chi connectivity index (χ0v) is 14.7. The van der Waals surface area contributed by atoms with Gasteiger partial charge in [-0.1, -0.05) is 69.8 Å². The van der Waals surface area contributed by atoms with E-state index >= 15 is 0 Å². The van der Waals surface area contributed by atoms with E-state index in [-0.39, 0.29) is 0 Å². The van der Waals surface area contributed by atoms with Crippen molar-refractivity contribution in [3.63, 3.8) is 0 Å². The fourth-order valence-corrected chi connectivity index (χ4v) is 3.50. The quantitative estimate of drug-likeness (QED) is 0.287. The Labute approximate surface area is 134 Å². The molecule has 1 rings (SSSR count). The third kappa shape index (κ3) is 9.93. The highest BCUT2D eigenvalue weighted by Gasteiger charge is 2.11. The van der Waals surface area contributed by atoms with Gasteiger partial charge in [-0.2, -0.15) is 0 Å². The second-order valence-corrected chi connectivity index (χ2v) is 6.87. The number of unbranched alkanes of at least 4 members (excludes halogenated alkanes) is 2. The van der Waals surface area contributed by atoms with Crippen molar-refractivity contribution < 1.29 is 0 Å². The molecule has 0 bridgehead atoms. The van der Waals surface area contributed by atoms with Crippen molar-refractivity contribution in [3.8, 4) is 0 Å². The molecule has 0 nitrogen and oxygen atoms in total. The average Bonchev–Trinajstić information content (AvgIpc) is 2.45. The Hall–Kier alpha value is -0.520. The van der Waals surface area contributed by atoms with Gasteiger partial charge in [0.15, 0.2) is 0 Å². The van der Waals surface area contributed by atoms with Crippen LogP contribution in [0.2, 0.25) is 0 Å². The summed E-state index contributed by atoms with van der Waals surface area (Å²) in [6.45, 7) is 4.60. The van der Waals surface area contributed by atoms with Crippen LogP contribution >= 0.6 is 0 Å². The molecule has 0 radical (unpaired) electrons. The molecule has 0 saturated heterocycles.